The Morgan fingerprint density at radius 1 is 1.13 bits per heavy atom. The number of anilines is 2. The summed E-state index contributed by atoms with van der Waals surface area (Å²) in [6.45, 7) is 3.66. The Kier molecular flexibility index (Phi) is 8.31. The van der Waals surface area contributed by atoms with Crippen LogP contribution in [0, 0.1) is 11.8 Å². The molecule has 1 amide bonds. The first-order valence-electron chi connectivity index (χ1n) is 12.2. The van der Waals surface area contributed by atoms with Gasteiger partial charge in [0.1, 0.15) is 0 Å². The van der Waals surface area contributed by atoms with Crippen molar-refractivity contribution in [2.45, 2.75) is 13.3 Å². The quantitative estimate of drug-likeness (QED) is 0.251. The molecule has 4 rings (SSSR count). The van der Waals surface area contributed by atoms with E-state index in [9.17, 15) is 4.79 Å². The molecular formula is C29H30ClN7O. The van der Waals surface area contributed by atoms with E-state index in [2.05, 4.69) is 37.0 Å². The van der Waals surface area contributed by atoms with Crippen molar-refractivity contribution in [1.82, 2.24) is 19.9 Å². The second kappa shape index (κ2) is 11.8. The number of carbonyl (C=O) groups excluding carboxylic acids is 1. The van der Waals surface area contributed by atoms with Gasteiger partial charge in [-0.25, -0.2) is 9.97 Å². The van der Waals surface area contributed by atoms with E-state index in [0.29, 0.717) is 27.7 Å². The molecule has 0 saturated heterocycles. The number of aromatic amines is 1. The van der Waals surface area contributed by atoms with Crippen LogP contribution < -0.4 is 16.8 Å². The summed E-state index contributed by atoms with van der Waals surface area (Å²) in [6, 6.07) is 15.1. The average molecular weight is 528 g/mol. The monoisotopic (exact) mass is 527 g/mol. The fourth-order valence-electron chi connectivity index (χ4n) is 4.16. The predicted octanol–water partition coefficient (Wildman–Crippen LogP) is 4.41. The van der Waals surface area contributed by atoms with E-state index in [4.69, 9.17) is 23.1 Å². The number of primary amides is 1. The fraction of sp³-hybridized carbons (Fsp3) is 0.207. The van der Waals surface area contributed by atoms with Crippen LogP contribution in [0.4, 0.5) is 11.6 Å². The van der Waals surface area contributed by atoms with Gasteiger partial charge in [-0.05, 0) is 56.4 Å². The third-order valence-corrected chi connectivity index (χ3v) is 6.26. The van der Waals surface area contributed by atoms with Crippen LogP contribution in [-0.4, -0.2) is 52.9 Å². The van der Waals surface area contributed by atoms with E-state index in [1.54, 1.807) is 12.3 Å². The van der Waals surface area contributed by atoms with Gasteiger partial charge in [0.05, 0.1) is 28.2 Å². The molecule has 0 spiro atoms. The molecule has 0 atom stereocenters. The van der Waals surface area contributed by atoms with Gasteiger partial charge in [0.2, 0.25) is 5.95 Å². The van der Waals surface area contributed by atoms with Crippen LogP contribution in [0.2, 0.25) is 5.02 Å². The van der Waals surface area contributed by atoms with Crippen molar-refractivity contribution in [3.8, 4) is 34.5 Å². The number of amides is 1. The summed E-state index contributed by atoms with van der Waals surface area (Å²) in [5, 5.41) is 3.97. The zero-order chi connectivity index (χ0) is 27.2. The lowest BCUT2D eigenvalue weighted by Crippen LogP contribution is -2.21. The summed E-state index contributed by atoms with van der Waals surface area (Å²) < 4.78 is 0. The molecule has 2 heterocycles. The fourth-order valence-corrected chi connectivity index (χ4v) is 4.33. The van der Waals surface area contributed by atoms with E-state index < -0.39 is 5.91 Å². The SMILES string of the molecule is CCc1ccc(Cl)cc1-c1[nH]c(-c2ccnc(N)n2)c(C#Cc2ccccc2NCCN(C)C)c1C(N)=O. The highest BCUT2D eigenvalue weighted by Crippen LogP contribution is 2.36. The second-order valence-corrected chi connectivity index (χ2v) is 9.41. The van der Waals surface area contributed by atoms with E-state index in [1.807, 2.05) is 63.5 Å². The minimum atomic E-state index is -0.617. The number of benzene rings is 2. The molecule has 6 N–H and O–H groups in total. The maximum atomic E-state index is 12.9. The number of rotatable bonds is 8. The molecule has 0 saturated carbocycles. The van der Waals surface area contributed by atoms with Crippen molar-refractivity contribution >= 4 is 29.1 Å². The Balaban J connectivity index is 1.93. The molecular weight excluding hydrogens is 498 g/mol. The van der Waals surface area contributed by atoms with Crippen molar-refractivity contribution in [2.24, 2.45) is 5.73 Å². The normalized spacial score (nSPS) is 10.8. The van der Waals surface area contributed by atoms with Crippen molar-refractivity contribution in [2.75, 3.05) is 38.2 Å². The minimum absolute atomic E-state index is 0.102. The summed E-state index contributed by atoms with van der Waals surface area (Å²) >= 11 is 6.35. The highest BCUT2D eigenvalue weighted by molar-refractivity contribution is 6.31. The maximum absolute atomic E-state index is 12.9. The zero-order valence-corrected chi connectivity index (χ0v) is 22.4. The van der Waals surface area contributed by atoms with Gasteiger partial charge in [0, 0.05) is 41.1 Å². The van der Waals surface area contributed by atoms with Gasteiger partial charge in [-0.3, -0.25) is 4.79 Å². The molecule has 2 aromatic heterocycles. The third kappa shape index (κ3) is 5.97. The number of nitrogens with zero attached hydrogens (tertiary/aromatic N) is 3. The Morgan fingerprint density at radius 3 is 2.63 bits per heavy atom. The number of likely N-dealkylation sites (N-methyl/N-ethyl adjacent to an activating group) is 1. The van der Waals surface area contributed by atoms with E-state index in [1.165, 1.54) is 0 Å². The molecule has 38 heavy (non-hydrogen) atoms. The lowest BCUT2D eigenvalue weighted by Gasteiger charge is -2.12. The number of halogens is 1. The van der Waals surface area contributed by atoms with Gasteiger partial charge >= 0.3 is 0 Å². The molecule has 4 aromatic rings. The number of hydrogen-bond acceptors (Lipinski definition) is 6. The number of para-hydroxylation sites is 1. The van der Waals surface area contributed by atoms with E-state index in [0.717, 1.165) is 41.9 Å². The van der Waals surface area contributed by atoms with Crippen molar-refractivity contribution in [3.05, 3.63) is 82.0 Å². The van der Waals surface area contributed by atoms with Gasteiger partial charge in [-0.15, -0.1) is 0 Å². The first-order valence-corrected chi connectivity index (χ1v) is 12.6. The van der Waals surface area contributed by atoms with Crippen LogP contribution >= 0.6 is 11.6 Å². The van der Waals surface area contributed by atoms with Gasteiger partial charge < -0.3 is 26.7 Å². The highest BCUT2D eigenvalue weighted by atomic mass is 35.5. The topological polar surface area (TPSA) is 126 Å². The largest absolute Gasteiger partial charge is 0.383 e. The number of nitrogens with one attached hydrogen (secondary N) is 2. The number of aryl methyl sites for hydroxylation is 1. The summed E-state index contributed by atoms with van der Waals surface area (Å²) in [5.74, 6) is 5.94. The Bertz CT molecular complexity index is 1530. The molecule has 194 valence electrons. The summed E-state index contributed by atoms with van der Waals surface area (Å²) in [5.41, 5.74) is 17.5. The first kappa shape index (κ1) is 26.7. The number of carbonyl (C=O) groups is 1. The van der Waals surface area contributed by atoms with Crippen LogP contribution in [0.5, 0.6) is 0 Å². The van der Waals surface area contributed by atoms with Crippen LogP contribution in [-0.2, 0) is 6.42 Å². The van der Waals surface area contributed by atoms with Crippen LogP contribution in [0.25, 0.3) is 22.6 Å². The molecule has 0 fully saturated rings. The van der Waals surface area contributed by atoms with Gasteiger partial charge in [0.15, 0.2) is 0 Å². The molecule has 0 aliphatic carbocycles. The van der Waals surface area contributed by atoms with Gasteiger partial charge in [-0.1, -0.05) is 48.6 Å². The summed E-state index contributed by atoms with van der Waals surface area (Å²) in [6.07, 6.45) is 2.28. The number of nitrogen functional groups attached to an aromatic ring is 1. The van der Waals surface area contributed by atoms with Crippen LogP contribution in [0.1, 0.15) is 34.0 Å². The van der Waals surface area contributed by atoms with Crippen LogP contribution in [0.15, 0.2) is 54.7 Å². The number of nitrogens with two attached hydrogens (primary N) is 2. The van der Waals surface area contributed by atoms with Gasteiger partial charge in [0.25, 0.3) is 5.91 Å². The van der Waals surface area contributed by atoms with Crippen molar-refractivity contribution < 1.29 is 4.79 Å². The Morgan fingerprint density at radius 2 is 1.92 bits per heavy atom. The molecule has 0 bridgehead atoms. The summed E-state index contributed by atoms with van der Waals surface area (Å²) in [7, 11) is 4.04. The Hall–Kier alpha value is -4.32. The molecule has 8 nitrogen and oxygen atoms in total. The third-order valence-electron chi connectivity index (χ3n) is 6.02. The maximum Gasteiger partial charge on any atom is 0.252 e. The minimum Gasteiger partial charge on any atom is -0.383 e. The van der Waals surface area contributed by atoms with Crippen LogP contribution in [0.3, 0.4) is 0 Å². The van der Waals surface area contributed by atoms with Crippen molar-refractivity contribution in [1.29, 1.82) is 0 Å². The predicted molar refractivity (Wildman–Crippen MR) is 154 cm³/mol. The Labute approximate surface area is 227 Å². The highest BCUT2D eigenvalue weighted by Gasteiger charge is 2.25. The van der Waals surface area contributed by atoms with E-state index in [-0.39, 0.29) is 11.5 Å². The molecule has 0 aliphatic heterocycles. The molecule has 0 aliphatic rings. The zero-order valence-electron chi connectivity index (χ0n) is 21.6. The number of H-pyrrole nitrogens is 1. The molecule has 0 unspecified atom stereocenters. The number of hydrogen-bond donors (Lipinski definition) is 4. The summed E-state index contributed by atoms with van der Waals surface area (Å²) in [4.78, 5) is 26.8. The first-order chi connectivity index (χ1) is 18.3. The van der Waals surface area contributed by atoms with Crippen molar-refractivity contribution in [3.63, 3.8) is 0 Å². The van der Waals surface area contributed by atoms with Gasteiger partial charge in [-0.2, -0.15) is 0 Å². The molecule has 9 heteroatoms. The number of aromatic nitrogens is 3. The lowest BCUT2D eigenvalue weighted by molar-refractivity contribution is 0.100. The van der Waals surface area contributed by atoms with E-state index >= 15 is 0 Å². The molecule has 0 radical (unpaired) electrons. The lowest BCUT2D eigenvalue weighted by atomic mass is 9.97. The standard InChI is InChI=1S/C29H30ClN7O/c1-4-18-9-11-20(30)17-22(18)27-25(28(31)38)21(26(36-27)24-13-14-34-29(32)35-24)12-10-19-7-5-6-8-23(19)33-15-16-37(2)3/h5-9,11,13-14,17,33,36H,4,15-16H2,1-3H3,(H2,31,38)(H2,32,34,35). The smallest absolute Gasteiger partial charge is 0.252 e. The second-order valence-electron chi connectivity index (χ2n) is 8.97. The average Bonchev–Trinajstić information content (AvgIpc) is 3.27. The molecule has 2 aromatic carbocycles.